The van der Waals surface area contributed by atoms with Gasteiger partial charge in [-0.05, 0) is 61.4 Å². The van der Waals surface area contributed by atoms with Crippen molar-refractivity contribution in [2.24, 2.45) is 5.73 Å². The van der Waals surface area contributed by atoms with Crippen LogP contribution in [0.4, 0.5) is 23.1 Å². The quantitative estimate of drug-likeness (QED) is 0.353. The zero-order chi connectivity index (χ0) is 23.4. The van der Waals surface area contributed by atoms with E-state index in [4.69, 9.17) is 5.73 Å². The number of H-pyrrole nitrogens is 1. The Hall–Kier alpha value is -3.75. The van der Waals surface area contributed by atoms with Crippen LogP contribution in [0.5, 0.6) is 5.75 Å². The summed E-state index contributed by atoms with van der Waals surface area (Å²) in [6.45, 7) is 6.41. The van der Waals surface area contributed by atoms with E-state index in [-0.39, 0.29) is 5.56 Å². The molecular weight excluding hydrogens is 418 g/mol. The predicted molar refractivity (Wildman–Crippen MR) is 130 cm³/mol. The molecule has 1 fully saturated rings. The monoisotopic (exact) mass is 449 g/mol. The second kappa shape index (κ2) is 9.81. The van der Waals surface area contributed by atoms with Crippen LogP contribution in [0.25, 0.3) is 0 Å². The number of pyridine rings is 1. The summed E-state index contributed by atoms with van der Waals surface area (Å²) in [5, 5.41) is 23.5. The molecule has 1 saturated heterocycles. The Morgan fingerprint density at radius 1 is 1.24 bits per heavy atom. The second-order valence-corrected chi connectivity index (χ2v) is 8.39. The van der Waals surface area contributed by atoms with Gasteiger partial charge in [0, 0.05) is 19.6 Å². The number of carbonyl (C=O) groups is 1. The zero-order valence-electron chi connectivity index (χ0n) is 19.1. The average molecular weight is 450 g/mol. The zero-order valence-corrected chi connectivity index (χ0v) is 19.1. The van der Waals surface area contributed by atoms with Gasteiger partial charge in [-0.15, -0.1) is 0 Å². The minimum absolute atomic E-state index is 0.239. The number of nitrogens with one attached hydrogen (secondary N) is 3. The fraction of sp³-hybridized carbons (Fsp3) is 0.375. The molecule has 0 spiro atoms. The van der Waals surface area contributed by atoms with Crippen molar-refractivity contribution in [1.82, 2.24) is 15.2 Å². The van der Waals surface area contributed by atoms with Gasteiger partial charge >= 0.3 is 0 Å². The highest BCUT2D eigenvalue weighted by molar-refractivity contribution is 6.03. The Balaban J connectivity index is 1.48. The number of aromatic amines is 1. The van der Waals surface area contributed by atoms with Crippen molar-refractivity contribution in [2.45, 2.75) is 46.1 Å². The topological polar surface area (TPSA) is 132 Å². The molecule has 0 bridgehead atoms. The number of nitrogens with two attached hydrogens (primary N) is 1. The molecule has 3 aromatic rings. The van der Waals surface area contributed by atoms with Crippen LogP contribution in [0.15, 0.2) is 30.5 Å². The molecule has 1 aromatic carbocycles. The van der Waals surface area contributed by atoms with Crippen LogP contribution in [0.3, 0.4) is 0 Å². The molecule has 1 aliphatic rings. The number of hydrogen-bond acceptors (Lipinski definition) is 7. The molecule has 0 unspecified atom stereocenters. The van der Waals surface area contributed by atoms with Crippen molar-refractivity contribution in [1.29, 1.82) is 0 Å². The first-order valence-corrected chi connectivity index (χ1v) is 11.4. The number of aromatic hydroxyl groups is 1. The van der Waals surface area contributed by atoms with Gasteiger partial charge in [0.2, 0.25) is 0 Å². The third-order valence-electron chi connectivity index (χ3n) is 6.02. The van der Waals surface area contributed by atoms with E-state index >= 15 is 0 Å². The molecule has 0 aliphatic carbocycles. The summed E-state index contributed by atoms with van der Waals surface area (Å²) in [5.74, 6) is 1.05. The van der Waals surface area contributed by atoms with Crippen LogP contribution in [0.1, 0.15) is 53.2 Å². The highest BCUT2D eigenvalue weighted by atomic mass is 16.3. The number of benzene rings is 1. The maximum atomic E-state index is 12.2. The molecule has 9 heteroatoms. The third kappa shape index (κ3) is 5.02. The lowest BCUT2D eigenvalue weighted by Crippen LogP contribution is -2.29. The molecule has 33 heavy (non-hydrogen) atoms. The number of carbonyl (C=O) groups excluding carboxylic acids is 1. The van der Waals surface area contributed by atoms with Crippen molar-refractivity contribution in [3.8, 4) is 5.75 Å². The maximum absolute atomic E-state index is 12.2. The highest BCUT2D eigenvalue weighted by Gasteiger charge is 2.19. The lowest BCUT2D eigenvalue weighted by atomic mass is 10.0. The Morgan fingerprint density at radius 3 is 2.70 bits per heavy atom. The number of anilines is 4. The molecule has 0 radical (unpaired) electrons. The van der Waals surface area contributed by atoms with Gasteiger partial charge in [0.15, 0.2) is 5.82 Å². The number of amides is 1. The van der Waals surface area contributed by atoms with E-state index in [0.717, 1.165) is 41.9 Å². The highest BCUT2D eigenvalue weighted by Crippen LogP contribution is 2.27. The minimum Gasteiger partial charge on any atom is -0.507 e. The maximum Gasteiger partial charge on any atom is 0.256 e. The van der Waals surface area contributed by atoms with Crippen molar-refractivity contribution in [3.05, 3.63) is 52.7 Å². The summed E-state index contributed by atoms with van der Waals surface area (Å²) in [7, 11) is 0. The molecule has 0 atom stereocenters. The molecule has 174 valence electrons. The van der Waals surface area contributed by atoms with Crippen LogP contribution in [0.2, 0.25) is 0 Å². The van der Waals surface area contributed by atoms with Gasteiger partial charge in [-0.1, -0.05) is 19.1 Å². The van der Waals surface area contributed by atoms with Gasteiger partial charge in [-0.3, -0.25) is 9.89 Å². The largest absolute Gasteiger partial charge is 0.507 e. The average Bonchev–Trinajstić information content (AvgIpc) is 3.23. The van der Waals surface area contributed by atoms with Crippen LogP contribution in [0, 0.1) is 6.92 Å². The molecule has 1 aliphatic heterocycles. The van der Waals surface area contributed by atoms with E-state index < -0.39 is 5.91 Å². The molecule has 6 N–H and O–H groups in total. The number of rotatable bonds is 8. The predicted octanol–water partition coefficient (Wildman–Crippen LogP) is 3.83. The Bertz CT molecular complexity index is 1120. The van der Waals surface area contributed by atoms with Crippen molar-refractivity contribution >= 4 is 29.0 Å². The van der Waals surface area contributed by atoms with Gasteiger partial charge in [0.1, 0.15) is 22.9 Å². The molecule has 2 aromatic heterocycles. The minimum atomic E-state index is -0.602. The number of nitrogens with zero attached hydrogens (tertiary/aromatic N) is 3. The lowest BCUT2D eigenvalue weighted by Gasteiger charge is -2.28. The summed E-state index contributed by atoms with van der Waals surface area (Å²) in [6, 6.07) is 7.76. The summed E-state index contributed by atoms with van der Waals surface area (Å²) in [4.78, 5) is 19.0. The molecule has 1 amide bonds. The SMILES string of the molecule is CCc1cc(CNc2[nH]nc(Nc3ccc(N4CCCCC4)cn3)c2C(N)=O)cc(C)c1O. The summed E-state index contributed by atoms with van der Waals surface area (Å²) in [5.41, 5.74) is 9.66. The molecule has 4 rings (SSSR count). The van der Waals surface area contributed by atoms with Gasteiger partial charge < -0.3 is 26.4 Å². The fourth-order valence-corrected chi connectivity index (χ4v) is 4.22. The van der Waals surface area contributed by atoms with Crippen LogP contribution < -0.4 is 21.3 Å². The second-order valence-electron chi connectivity index (χ2n) is 8.39. The number of aryl methyl sites for hydroxylation is 2. The normalized spacial score (nSPS) is 13.7. The number of aromatic nitrogens is 3. The number of phenols is 1. The first-order valence-electron chi connectivity index (χ1n) is 11.4. The van der Waals surface area contributed by atoms with Gasteiger partial charge in [-0.2, -0.15) is 5.10 Å². The first-order chi connectivity index (χ1) is 16.0. The van der Waals surface area contributed by atoms with E-state index in [1.165, 1.54) is 19.3 Å². The van der Waals surface area contributed by atoms with E-state index in [1.54, 1.807) is 0 Å². The van der Waals surface area contributed by atoms with E-state index in [1.807, 2.05) is 44.3 Å². The van der Waals surface area contributed by atoms with E-state index in [9.17, 15) is 9.90 Å². The Labute approximate surface area is 193 Å². The number of primary amides is 1. The molecule has 3 heterocycles. The van der Waals surface area contributed by atoms with Crippen LogP contribution in [-0.4, -0.2) is 39.3 Å². The molecule has 0 saturated carbocycles. The van der Waals surface area contributed by atoms with Gasteiger partial charge in [0.05, 0.1) is 11.9 Å². The van der Waals surface area contributed by atoms with Gasteiger partial charge in [0.25, 0.3) is 5.91 Å². The fourth-order valence-electron chi connectivity index (χ4n) is 4.22. The number of phenolic OH excluding ortho intramolecular Hbond substituents is 1. The molecule has 9 nitrogen and oxygen atoms in total. The summed E-state index contributed by atoms with van der Waals surface area (Å²) >= 11 is 0. The van der Waals surface area contributed by atoms with Gasteiger partial charge in [-0.25, -0.2) is 4.98 Å². The summed E-state index contributed by atoms with van der Waals surface area (Å²) in [6.07, 6.45) is 6.25. The van der Waals surface area contributed by atoms with Crippen molar-refractivity contribution in [3.63, 3.8) is 0 Å². The van der Waals surface area contributed by atoms with Crippen LogP contribution in [-0.2, 0) is 13.0 Å². The Morgan fingerprint density at radius 2 is 2.03 bits per heavy atom. The lowest BCUT2D eigenvalue weighted by molar-refractivity contribution is 0.100. The van der Waals surface area contributed by atoms with Crippen molar-refractivity contribution < 1.29 is 9.90 Å². The van der Waals surface area contributed by atoms with E-state index in [2.05, 4.69) is 30.7 Å². The van der Waals surface area contributed by atoms with E-state index in [0.29, 0.717) is 29.7 Å². The smallest absolute Gasteiger partial charge is 0.256 e. The standard InChI is InChI=1S/C24H31N7O2/c1-3-17-12-16(11-15(2)21(17)32)13-27-23-20(22(25)33)24(30-29-23)28-19-8-7-18(14-26-19)31-9-5-4-6-10-31/h7-8,11-12,14,32H,3-6,9-10,13H2,1-2H3,(H2,25,33)(H3,26,27,28,29,30). The number of hydrogen-bond donors (Lipinski definition) is 5. The summed E-state index contributed by atoms with van der Waals surface area (Å²) < 4.78 is 0. The first kappa shape index (κ1) is 22.4. The Kier molecular flexibility index (Phi) is 6.67. The van der Waals surface area contributed by atoms with Crippen LogP contribution >= 0.6 is 0 Å². The van der Waals surface area contributed by atoms with Crippen molar-refractivity contribution in [2.75, 3.05) is 28.6 Å². The molecular formula is C24H31N7O2. The third-order valence-corrected chi connectivity index (χ3v) is 6.02. The number of piperidine rings is 1.